The van der Waals surface area contributed by atoms with Crippen LogP contribution in [0.3, 0.4) is 0 Å². The Kier molecular flexibility index (Phi) is 44.4. The fourth-order valence-electron chi connectivity index (χ4n) is 0. The zero-order chi connectivity index (χ0) is 31.2. The minimum atomic E-state index is -0.458. The van der Waals surface area contributed by atoms with E-state index in [1.54, 1.807) is 83.1 Å². The summed E-state index contributed by atoms with van der Waals surface area (Å²) in [5.41, 5.74) is -2.75. The standard InChI is InChI=1S/6C5H12O.2In/c6*1-4-5(2,3)6;;/h6*6H,4H2,1-3H3;;. The predicted molar refractivity (Wildman–Crippen MR) is 171 cm³/mol. The van der Waals surface area contributed by atoms with Gasteiger partial charge in [-0.2, -0.15) is 0 Å². The minimum absolute atomic E-state index is 0. The van der Waals surface area contributed by atoms with Gasteiger partial charge in [0, 0.05) is 51.7 Å². The Morgan fingerprint density at radius 3 is 0.289 bits per heavy atom. The Hall–Kier alpha value is 1.50. The molecule has 0 aromatic heterocycles. The van der Waals surface area contributed by atoms with Crippen LogP contribution >= 0.6 is 0 Å². The van der Waals surface area contributed by atoms with Gasteiger partial charge in [-0.3, -0.25) is 0 Å². The molecule has 0 amide bonds. The van der Waals surface area contributed by atoms with Crippen molar-refractivity contribution < 1.29 is 30.6 Å². The van der Waals surface area contributed by atoms with Gasteiger partial charge in [-0.25, -0.2) is 0 Å². The van der Waals surface area contributed by atoms with Crippen molar-refractivity contribution in [3.05, 3.63) is 0 Å². The molecule has 0 atom stereocenters. The van der Waals surface area contributed by atoms with Gasteiger partial charge in [-0.05, 0) is 122 Å². The quantitative estimate of drug-likeness (QED) is 0.191. The predicted octanol–water partition coefficient (Wildman–Crippen LogP) is 6.24. The zero-order valence-electron chi connectivity index (χ0n) is 29.1. The van der Waals surface area contributed by atoms with Crippen LogP contribution in [-0.4, -0.2) is 116 Å². The molecule has 0 fully saturated rings. The fraction of sp³-hybridized carbons (Fsp3) is 1.00. The second kappa shape index (κ2) is 28.6. The SMILES string of the molecule is CCC(C)(C)O.CCC(C)(C)O.CCC(C)(C)O.CCC(C)(C)O.CCC(C)(C)O.CCC(C)(C)O.[In].[In]. The van der Waals surface area contributed by atoms with Gasteiger partial charge in [0.1, 0.15) is 0 Å². The first-order valence-electron chi connectivity index (χ1n) is 13.7. The number of hydrogen-bond acceptors (Lipinski definition) is 6. The number of hydrogen-bond donors (Lipinski definition) is 6. The van der Waals surface area contributed by atoms with E-state index in [1.807, 2.05) is 41.5 Å². The zero-order valence-corrected chi connectivity index (χ0v) is 35.7. The molecule has 234 valence electrons. The van der Waals surface area contributed by atoms with Crippen LogP contribution in [0.2, 0.25) is 0 Å². The van der Waals surface area contributed by atoms with Crippen LogP contribution in [0.1, 0.15) is 163 Å². The second-order valence-electron chi connectivity index (χ2n) is 13.0. The van der Waals surface area contributed by atoms with Crippen molar-refractivity contribution in [1.29, 1.82) is 0 Å². The molecule has 0 aromatic rings. The van der Waals surface area contributed by atoms with Gasteiger partial charge in [0.05, 0.1) is 33.6 Å². The normalized spacial score (nSPS) is 11.4. The molecule has 0 aromatic carbocycles. The molecule has 8 heteroatoms. The summed E-state index contributed by atoms with van der Waals surface area (Å²) < 4.78 is 0. The van der Waals surface area contributed by atoms with E-state index >= 15 is 0 Å². The molecule has 0 aliphatic carbocycles. The summed E-state index contributed by atoms with van der Waals surface area (Å²) in [4.78, 5) is 0. The van der Waals surface area contributed by atoms with Crippen LogP contribution < -0.4 is 0 Å². The maximum absolute atomic E-state index is 8.83. The van der Waals surface area contributed by atoms with Gasteiger partial charge in [-0.15, -0.1) is 0 Å². The van der Waals surface area contributed by atoms with E-state index in [-0.39, 0.29) is 51.7 Å². The van der Waals surface area contributed by atoms with Gasteiger partial charge in [0.15, 0.2) is 0 Å². The molecule has 6 radical (unpaired) electrons. The Morgan fingerprint density at radius 2 is 0.289 bits per heavy atom. The molecule has 0 aliphatic rings. The van der Waals surface area contributed by atoms with Crippen molar-refractivity contribution in [3.8, 4) is 0 Å². The molecule has 0 aliphatic heterocycles. The third-order valence-corrected chi connectivity index (χ3v) is 5.19. The van der Waals surface area contributed by atoms with E-state index in [0.717, 1.165) is 38.5 Å². The third-order valence-electron chi connectivity index (χ3n) is 5.19. The van der Waals surface area contributed by atoms with Crippen LogP contribution in [-0.2, 0) is 0 Å². The van der Waals surface area contributed by atoms with E-state index < -0.39 is 33.6 Å². The first-order chi connectivity index (χ1) is 15.4. The molecule has 0 rings (SSSR count). The molecular weight excluding hydrogens is 686 g/mol. The Bertz CT molecular complexity index is 322. The Labute approximate surface area is 277 Å². The average molecular weight is 759 g/mol. The molecule has 38 heavy (non-hydrogen) atoms. The van der Waals surface area contributed by atoms with E-state index in [9.17, 15) is 0 Å². The van der Waals surface area contributed by atoms with E-state index in [4.69, 9.17) is 30.6 Å². The molecule has 0 saturated carbocycles. The first-order valence-corrected chi connectivity index (χ1v) is 13.7. The molecule has 6 N–H and O–H groups in total. The molecule has 0 heterocycles. The van der Waals surface area contributed by atoms with Gasteiger partial charge >= 0.3 is 0 Å². The van der Waals surface area contributed by atoms with Crippen LogP contribution in [0, 0.1) is 0 Å². The molecule has 0 unspecified atom stereocenters. The van der Waals surface area contributed by atoms with Crippen LogP contribution in [0.25, 0.3) is 0 Å². The molecule has 0 bridgehead atoms. The fourth-order valence-corrected chi connectivity index (χ4v) is 0. The first kappa shape index (κ1) is 59.0. The minimum Gasteiger partial charge on any atom is -0.390 e. The molecule has 0 spiro atoms. The Balaban J connectivity index is -0.0000000469. The van der Waals surface area contributed by atoms with Gasteiger partial charge < -0.3 is 30.6 Å². The van der Waals surface area contributed by atoms with E-state index in [2.05, 4.69) is 0 Å². The van der Waals surface area contributed by atoms with Crippen LogP contribution in [0.15, 0.2) is 0 Å². The smallest absolute Gasteiger partial charge is 0.0589 e. The summed E-state index contributed by atoms with van der Waals surface area (Å²) in [6, 6.07) is 0. The van der Waals surface area contributed by atoms with Crippen LogP contribution in [0.5, 0.6) is 0 Å². The monoisotopic (exact) mass is 758 g/mol. The topological polar surface area (TPSA) is 121 Å². The largest absolute Gasteiger partial charge is 0.390 e. The molecule has 0 saturated heterocycles. The summed E-state index contributed by atoms with van der Waals surface area (Å²) in [6.45, 7) is 33.3. The Morgan fingerprint density at radius 1 is 0.263 bits per heavy atom. The number of rotatable bonds is 6. The summed E-state index contributed by atoms with van der Waals surface area (Å²) >= 11 is 0. The van der Waals surface area contributed by atoms with Crippen molar-refractivity contribution in [2.45, 2.75) is 197 Å². The van der Waals surface area contributed by atoms with E-state index in [1.165, 1.54) is 0 Å². The van der Waals surface area contributed by atoms with Crippen molar-refractivity contribution >= 4 is 51.7 Å². The van der Waals surface area contributed by atoms with E-state index in [0.29, 0.717) is 0 Å². The summed E-state index contributed by atoms with van der Waals surface area (Å²) in [5.74, 6) is 0. The second-order valence-corrected chi connectivity index (χ2v) is 13.0. The molecular formula is C30H72In2O6. The van der Waals surface area contributed by atoms with Crippen molar-refractivity contribution in [2.24, 2.45) is 0 Å². The summed E-state index contributed by atoms with van der Waals surface area (Å²) in [7, 11) is 0. The van der Waals surface area contributed by atoms with Crippen molar-refractivity contribution in [3.63, 3.8) is 0 Å². The van der Waals surface area contributed by atoms with Crippen molar-refractivity contribution in [1.82, 2.24) is 0 Å². The summed E-state index contributed by atoms with van der Waals surface area (Å²) in [5, 5.41) is 53.0. The van der Waals surface area contributed by atoms with Crippen molar-refractivity contribution in [2.75, 3.05) is 0 Å². The van der Waals surface area contributed by atoms with Gasteiger partial charge in [0.2, 0.25) is 0 Å². The van der Waals surface area contributed by atoms with Gasteiger partial charge in [-0.1, -0.05) is 41.5 Å². The van der Waals surface area contributed by atoms with Gasteiger partial charge in [0.25, 0.3) is 0 Å². The summed E-state index contributed by atoms with van der Waals surface area (Å²) in [6.07, 6.45) is 4.96. The average Bonchev–Trinajstić information content (AvgIpc) is 2.67. The maximum atomic E-state index is 8.83. The van der Waals surface area contributed by atoms with Crippen LogP contribution in [0.4, 0.5) is 0 Å². The molecule has 6 nitrogen and oxygen atoms in total. The maximum Gasteiger partial charge on any atom is 0.0589 e. The third kappa shape index (κ3) is 131. The number of aliphatic hydroxyl groups is 6.